The molecule has 4 nitrogen and oxygen atoms in total. The molecule has 4 saturated carbocycles. The molecule has 0 N–H and O–H groups in total. The van der Waals surface area contributed by atoms with Crippen molar-refractivity contribution < 1.29 is 19.1 Å². The van der Waals surface area contributed by atoms with E-state index >= 15 is 0 Å². The zero-order valence-electron chi connectivity index (χ0n) is 20.2. The molecule has 0 aromatic heterocycles. The summed E-state index contributed by atoms with van der Waals surface area (Å²) in [5.41, 5.74) is 0. The topological polar surface area (TPSA) is 52.6 Å². The van der Waals surface area contributed by atoms with Gasteiger partial charge in [0, 0.05) is 0 Å². The van der Waals surface area contributed by atoms with E-state index in [0.717, 1.165) is 56.8 Å². The van der Waals surface area contributed by atoms with E-state index in [1.165, 1.54) is 12.8 Å². The summed E-state index contributed by atoms with van der Waals surface area (Å²) in [6.45, 7) is 10.3. The zero-order valence-corrected chi connectivity index (χ0v) is 20.2. The van der Waals surface area contributed by atoms with Crippen molar-refractivity contribution in [2.75, 3.05) is 13.2 Å². The molecule has 0 saturated heterocycles. The van der Waals surface area contributed by atoms with Gasteiger partial charge in [-0.15, -0.1) is 0 Å². The quantitative estimate of drug-likeness (QED) is 0.492. The molecule has 4 fully saturated rings. The van der Waals surface area contributed by atoms with Gasteiger partial charge in [0.15, 0.2) is 0 Å². The molecule has 4 aliphatic carbocycles. The molecular weight excluding hydrogens is 388 g/mol. The lowest BCUT2D eigenvalue weighted by Crippen LogP contribution is -2.38. The van der Waals surface area contributed by atoms with Crippen molar-refractivity contribution in [3.63, 3.8) is 0 Å². The monoisotopic (exact) mass is 432 g/mol. The number of fused-ring (bicyclic) bond motifs is 2. The molecule has 4 aliphatic rings. The number of esters is 2. The molecule has 0 aromatic rings. The van der Waals surface area contributed by atoms with Crippen LogP contribution in [0.15, 0.2) is 0 Å². The van der Waals surface area contributed by atoms with Gasteiger partial charge in [-0.3, -0.25) is 9.59 Å². The predicted octanol–water partition coefficient (Wildman–Crippen LogP) is 5.88. The highest BCUT2D eigenvalue weighted by Crippen LogP contribution is 2.53. The molecule has 0 heterocycles. The van der Waals surface area contributed by atoms with Gasteiger partial charge in [-0.1, -0.05) is 40.5 Å². The molecule has 0 radical (unpaired) electrons. The summed E-state index contributed by atoms with van der Waals surface area (Å²) < 4.78 is 11.7. The van der Waals surface area contributed by atoms with Gasteiger partial charge in [0.1, 0.15) is 0 Å². The normalized spacial score (nSPS) is 44.8. The fourth-order valence-corrected chi connectivity index (χ4v) is 7.18. The minimum absolute atomic E-state index is 0.125. The first-order valence-electron chi connectivity index (χ1n) is 13.2. The summed E-state index contributed by atoms with van der Waals surface area (Å²) >= 11 is 0. The number of rotatable bonds is 6. The minimum atomic E-state index is -0.267. The second-order valence-electron chi connectivity index (χ2n) is 11.9. The Kier molecular flexibility index (Phi) is 7.33. The molecule has 0 spiro atoms. The van der Waals surface area contributed by atoms with Crippen molar-refractivity contribution in [1.82, 2.24) is 0 Å². The lowest BCUT2D eigenvalue weighted by Gasteiger charge is -2.33. The maximum absolute atomic E-state index is 13.1. The third-order valence-corrected chi connectivity index (χ3v) is 9.80. The van der Waals surface area contributed by atoms with Crippen LogP contribution in [-0.2, 0) is 19.1 Å². The maximum Gasteiger partial charge on any atom is 0.310 e. The van der Waals surface area contributed by atoms with Gasteiger partial charge in [-0.2, -0.15) is 0 Å². The van der Waals surface area contributed by atoms with Gasteiger partial charge in [0.05, 0.1) is 25.0 Å². The van der Waals surface area contributed by atoms with E-state index < -0.39 is 0 Å². The van der Waals surface area contributed by atoms with E-state index in [4.69, 9.17) is 9.47 Å². The van der Waals surface area contributed by atoms with E-state index in [2.05, 4.69) is 27.7 Å². The molecular formula is C27H44O4. The second-order valence-corrected chi connectivity index (χ2v) is 11.9. The van der Waals surface area contributed by atoms with Gasteiger partial charge >= 0.3 is 11.9 Å². The van der Waals surface area contributed by atoms with Crippen molar-refractivity contribution in [2.45, 2.75) is 85.5 Å². The summed E-state index contributed by atoms with van der Waals surface area (Å²) in [4.78, 5) is 26.2. The van der Waals surface area contributed by atoms with Crippen LogP contribution in [0.4, 0.5) is 0 Å². The smallest absolute Gasteiger partial charge is 0.310 e. The number of hydrogen-bond acceptors (Lipinski definition) is 4. The number of carbonyl (C=O) groups is 2. The highest BCUT2D eigenvalue weighted by molar-refractivity contribution is 5.83. The van der Waals surface area contributed by atoms with Gasteiger partial charge < -0.3 is 9.47 Å². The van der Waals surface area contributed by atoms with Gasteiger partial charge in [0.2, 0.25) is 0 Å². The van der Waals surface area contributed by atoms with Gasteiger partial charge in [0.25, 0.3) is 0 Å². The van der Waals surface area contributed by atoms with Crippen LogP contribution in [0.1, 0.15) is 85.5 Å². The zero-order chi connectivity index (χ0) is 22.1. The van der Waals surface area contributed by atoms with Crippen molar-refractivity contribution in [3.8, 4) is 0 Å². The van der Waals surface area contributed by atoms with Crippen LogP contribution in [0.2, 0.25) is 0 Å². The first-order valence-corrected chi connectivity index (χ1v) is 13.2. The van der Waals surface area contributed by atoms with Crippen molar-refractivity contribution in [2.24, 2.45) is 59.2 Å². The van der Waals surface area contributed by atoms with Crippen LogP contribution in [0.5, 0.6) is 0 Å². The molecule has 10 atom stereocenters. The molecule has 31 heavy (non-hydrogen) atoms. The average molecular weight is 433 g/mol. The standard InChI is InChI=1S/C27H44O4/c1-16-5-7-20(11-18(16)3)14-30-26(28)24-22-9-10-23(13-22)25(24)27(29)31-15-21-8-6-17(2)19(4)12-21/h16-25H,5-15H2,1-4H3. The molecule has 4 heteroatoms. The Morgan fingerprint density at radius 2 is 1.00 bits per heavy atom. The van der Waals surface area contributed by atoms with Gasteiger partial charge in [-0.25, -0.2) is 0 Å². The van der Waals surface area contributed by atoms with Crippen LogP contribution in [-0.4, -0.2) is 25.2 Å². The van der Waals surface area contributed by atoms with E-state index in [-0.39, 0.29) is 23.8 Å². The highest BCUT2D eigenvalue weighted by Gasteiger charge is 2.55. The highest BCUT2D eigenvalue weighted by atomic mass is 16.5. The molecule has 4 rings (SSSR count). The number of carbonyl (C=O) groups excluding carboxylic acids is 2. The lowest BCUT2D eigenvalue weighted by atomic mass is 9.76. The fraction of sp³-hybridized carbons (Fsp3) is 0.926. The minimum Gasteiger partial charge on any atom is -0.465 e. The Balaban J connectivity index is 1.29. The van der Waals surface area contributed by atoms with Crippen molar-refractivity contribution in [1.29, 1.82) is 0 Å². The molecule has 2 bridgehead atoms. The van der Waals surface area contributed by atoms with Crippen LogP contribution < -0.4 is 0 Å². The number of hydrogen-bond donors (Lipinski definition) is 0. The van der Waals surface area contributed by atoms with Crippen molar-refractivity contribution >= 4 is 11.9 Å². The first kappa shape index (κ1) is 23.1. The van der Waals surface area contributed by atoms with Crippen LogP contribution >= 0.6 is 0 Å². The third kappa shape index (κ3) is 5.14. The lowest BCUT2D eigenvalue weighted by molar-refractivity contribution is -0.165. The largest absolute Gasteiger partial charge is 0.465 e. The Morgan fingerprint density at radius 1 is 0.581 bits per heavy atom. The Morgan fingerprint density at radius 3 is 1.39 bits per heavy atom. The average Bonchev–Trinajstić information content (AvgIpc) is 3.37. The Bertz CT molecular complexity index is 591. The second kappa shape index (κ2) is 9.83. The van der Waals surface area contributed by atoms with E-state index in [0.29, 0.717) is 48.7 Å². The van der Waals surface area contributed by atoms with Crippen LogP contribution in [0.25, 0.3) is 0 Å². The van der Waals surface area contributed by atoms with Crippen LogP contribution in [0, 0.1) is 59.2 Å². The van der Waals surface area contributed by atoms with E-state index in [1.807, 2.05) is 0 Å². The Hall–Kier alpha value is -1.06. The van der Waals surface area contributed by atoms with Crippen LogP contribution in [0.3, 0.4) is 0 Å². The summed E-state index contributed by atoms with van der Waals surface area (Å²) in [5, 5.41) is 0. The molecule has 10 unspecified atom stereocenters. The third-order valence-electron chi connectivity index (χ3n) is 9.80. The summed E-state index contributed by atoms with van der Waals surface area (Å²) in [6.07, 6.45) is 10.2. The molecule has 0 aliphatic heterocycles. The summed E-state index contributed by atoms with van der Waals surface area (Å²) in [5.74, 6) is 3.76. The van der Waals surface area contributed by atoms with Crippen molar-refractivity contribution in [3.05, 3.63) is 0 Å². The summed E-state index contributed by atoms with van der Waals surface area (Å²) in [6, 6.07) is 0. The first-order chi connectivity index (χ1) is 14.8. The Labute approximate surface area is 189 Å². The molecule has 0 amide bonds. The van der Waals surface area contributed by atoms with Gasteiger partial charge in [-0.05, 0) is 92.3 Å². The molecule has 176 valence electrons. The number of ether oxygens (including phenoxy) is 2. The summed E-state index contributed by atoms with van der Waals surface area (Å²) in [7, 11) is 0. The maximum atomic E-state index is 13.1. The molecule has 0 aromatic carbocycles. The predicted molar refractivity (Wildman–Crippen MR) is 121 cm³/mol. The van der Waals surface area contributed by atoms with E-state index in [9.17, 15) is 9.59 Å². The SMILES string of the molecule is CC1CCC(COC(=O)C2C3CCC(C3)C2C(=O)OCC2CCC(C)C(C)C2)CC1C. The van der Waals surface area contributed by atoms with E-state index in [1.54, 1.807) is 0 Å². The fourth-order valence-electron chi connectivity index (χ4n) is 7.18.